The van der Waals surface area contributed by atoms with Gasteiger partial charge in [-0.05, 0) is 30.1 Å². The maximum Gasteiger partial charge on any atom is 0.319 e. The van der Waals surface area contributed by atoms with Gasteiger partial charge in [0.2, 0.25) is 0 Å². The van der Waals surface area contributed by atoms with E-state index in [1.54, 1.807) is 0 Å². The highest BCUT2D eigenvalue weighted by Crippen LogP contribution is 2.40. The molecule has 14 heavy (non-hydrogen) atoms. The minimum atomic E-state index is -0.792. The summed E-state index contributed by atoms with van der Waals surface area (Å²) in [5.74, 6) is -0.251. The Morgan fingerprint density at radius 1 is 1.64 bits per heavy atom. The van der Waals surface area contributed by atoms with E-state index in [0.717, 1.165) is 17.3 Å². The third kappa shape index (κ3) is 2.10. The number of hydrogen-bond acceptors (Lipinski definition) is 3. The average molecular weight is 310 g/mol. The number of ether oxygens (including phenoxy) is 1. The van der Waals surface area contributed by atoms with E-state index in [1.807, 2.05) is 0 Å². The molecule has 1 aliphatic carbocycles. The second kappa shape index (κ2) is 5.09. The topological polar surface area (TPSA) is 43.4 Å². The van der Waals surface area contributed by atoms with Gasteiger partial charge in [-0.2, -0.15) is 0 Å². The zero-order valence-corrected chi connectivity index (χ0v) is 10.5. The van der Waals surface area contributed by atoms with Crippen molar-refractivity contribution in [2.24, 2.45) is 5.41 Å². The van der Waals surface area contributed by atoms with Crippen molar-refractivity contribution in [3.63, 3.8) is 0 Å². The third-order valence-electron chi connectivity index (χ3n) is 2.85. The molecule has 1 fully saturated rings. The third-order valence-corrected chi connectivity index (χ3v) is 3.62. The fraction of sp³-hybridized carbons (Fsp3) is 0.800. The Balaban J connectivity index is 2.78. The Morgan fingerprint density at radius 3 is 2.79 bits per heavy atom. The van der Waals surface area contributed by atoms with Crippen molar-refractivity contribution in [1.29, 1.82) is 0 Å². The van der Waals surface area contributed by atoms with Crippen molar-refractivity contribution in [3.8, 4) is 0 Å². The van der Waals surface area contributed by atoms with Gasteiger partial charge in [-0.1, -0.05) is 22.6 Å². The summed E-state index contributed by atoms with van der Waals surface area (Å²) in [4.78, 5) is 23.3. The predicted octanol–water partition coefficient (Wildman–Crippen LogP) is 2.11. The molecule has 1 saturated carbocycles. The smallest absolute Gasteiger partial charge is 0.319 e. The second-order valence-electron chi connectivity index (χ2n) is 3.64. The monoisotopic (exact) mass is 310 g/mol. The fourth-order valence-electron chi connectivity index (χ4n) is 2.08. The Bertz CT molecular complexity index is 240. The molecule has 0 bridgehead atoms. The first-order chi connectivity index (χ1) is 6.67. The minimum Gasteiger partial charge on any atom is -0.468 e. The van der Waals surface area contributed by atoms with Gasteiger partial charge in [-0.15, -0.1) is 0 Å². The van der Waals surface area contributed by atoms with E-state index in [0.29, 0.717) is 19.3 Å². The number of carbonyl (C=O) groups excluding carboxylic acids is 2. The summed E-state index contributed by atoms with van der Waals surface area (Å²) in [5.41, 5.74) is -0.792. The SMILES string of the molecule is COC(=O)[C@@]1(CCCI)CCCC1=O. The molecule has 0 aromatic carbocycles. The summed E-state index contributed by atoms with van der Waals surface area (Å²) in [5, 5.41) is 0. The van der Waals surface area contributed by atoms with Gasteiger partial charge in [-0.25, -0.2) is 0 Å². The molecule has 0 saturated heterocycles. The van der Waals surface area contributed by atoms with E-state index in [2.05, 4.69) is 22.6 Å². The van der Waals surface area contributed by atoms with E-state index in [-0.39, 0.29) is 11.8 Å². The van der Waals surface area contributed by atoms with Gasteiger partial charge < -0.3 is 4.74 Å². The van der Waals surface area contributed by atoms with E-state index in [1.165, 1.54) is 7.11 Å². The Labute approximate surface area is 97.7 Å². The fourth-order valence-corrected chi connectivity index (χ4v) is 2.46. The molecule has 1 aliphatic rings. The summed E-state index contributed by atoms with van der Waals surface area (Å²) >= 11 is 2.26. The molecule has 0 heterocycles. The number of rotatable bonds is 4. The maximum absolute atomic E-state index is 11.7. The number of hydrogen-bond donors (Lipinski definition) is 0. The number of ketones is 1. The van der Waals surface area contributed by atoms with Gasteiger partial charge in [0.05, 0.1) is 7.11 Å². The molecule has 0 aromatic rings. The van der Waals surface area contributed by atoms with Crippen LogP contribution in [0.15, 0.2) is 0 Å². The van der Waals surface area contributed by atoms with Crippen LogP contribution in [-0.4, -0.2) is 23.3 Å². The van der Waals surface area contributed by atoms with Gasteiger partial charge in [0.25, 0.3) is 0 Å². The highest BCUT2D eigenvalue weighted by atomic mass is 127. The zero-order valence-electron chi connectivity index (χ0n) is 8.35. The van der Waals surface area contributed by atoms with Crippen molar-refractivity contribution in [2.75, 3.05) is 11.5 Å². The second-order valence-corrected chi connectivity index (χ2v) is 4.72. The first-order valence-corrected chi connectivity index (χ1v) is 6.37. The van der Waals surface area contributed by atoms with Crippen molar-refractivity contribution in [3.05, 3.63) is 0 Å². The van der Waals surface area contributed by atoms with Crippen LogP contribution in [0.5, 0.6) is 0 Å². The maximum atomic E-state index is 11.7. The number of Topliss-reactive ketones (excluding diaryl/α,β-unsaturated/α-hetero) is 1. The molecule has 4 heteroatoms. The molecule has 1 rings (SSSR count). The van der Waals surface area contributed by atoms with Crippen molar-refractivity contribution in [1.82, 2.24) is 0 Å². The number of methoxy groups -OCH3 is 1. The number of carbonyl (C=O) groups is 2. The summed E-state index contributed by atoms with van der Waals surface area (Å²) in [6.07, 6.45) is 3.60. The predicted molar refractivity (Wildman–Crippen MR) is 61.4 cm³/mol. The van der Waals surface area contributed by atoms with Crippen LogP contribution in [0.25, 0.3) is 0 Å². The summed E-state index contributed by atoms with van der Waals surface area (Å²) in [7, 11) is 1.36. The molecule has 80 valence electrons. The molecule has 0 aliphatic heterocycles. The average Bonchev–Trinajstić information content (AvgIpc) is 2.57. The van der Waals surface area contributed by atoms with Crippen LogP contribution in [0, 0.1) is 5.41 Å². The molecule has 0 N–H and O–H groups in total. The summed E-state index contributed by atoms with van der Waals surface area (Å²) < 4.78 is 5.72. The number of halogens is 1. The molecule has 0 spiro atoms. The standard InChI is InChI=1S/C10H15IO3/c1-14-9(13)10(6-3-7-11)5-2-4-8(10)12/h2-7H2,1H3/t10-/m1/s1. The highest BCUT2D eigenvalue weighted by Gasteiger charge is 2.48. The van der Waals surface area contributed by atoms with E-state index < -0.39 is 5.41 Å². The lowest BCUT2D eigenvalue weighted by atomic mass is 9.81. The van der Waals surface area contributed by atoms with Crippen molar-refractivity contribution < 1.29 is 14.3 Å². The Kier molecular flexibility index (Phi) is 4.34. The van der Waals surface area contributed by atoms with Crippen LogP contribution in [0.1, 0.15) is 32.1 Å². The quantitative estimate of drug-likeness (QED) is 0.346. The Morgan fingerprint density at radius 2 is 2.36 bits per heavy atom. The van der Waals surface area contributed by atoms with Crippen LogP contribution in [0.2, 0.25) is 0 Å². The van der Waals surface area contributed by atoms with E-state index in [9.17, 15) is 9.59 Å². The first kappa shape index (κ1) is 11.9. The molecular weight excluding hydrogens is 295 g/mol. The minimum absolute atomic E-state index is 0.0780. The molecule has 0 amide bonds. The van der Waals surface area contributed by atoms with Crippen molar-refractivity contribution in [2.45, 2.75) is 32.1 Å². The Hall–Kier alpha value is -0.130. The van der Waals surface area contributed by atoms with Crippen LogP contribution in [-0.2, 0) is 14.3 Å². The van der Waals surface area contributed by atoms with Gasteiger partial charge >= 0.3 is 5.97 Å². The zero-order chi connectivity index (χ0) is 10.6. The molecule has 1 atom stereocenters. The largest absolute Gasteiger partial charge is 0.468 e. The lowest BCUT2D eigenvalue weighted by molar-refractivity contribution is -0.157. The van der Waals surface area contributed by atoms with Gasteiger partial charge in [-0.3, -0.25) is 9.59 Å². The van der Waals surface area contributed by atoms with Crippen LogP contribution < -0.4 is 0 Å². The molecular formula is C10H15IO3. The van der Waals surface area contributed by atoms with E-state index >= 15 is 0 Å². The number of alkyl halides is 1. The summed E-state index contributed by atoms with van der Waals surface area (Å²) in [6, 6.07) is 0. The normalized spacial score (nSPS) is 26.6. The molecule has 0 radical (unpaired) electrons. The van der Waals surface area contributed by atoms with Gasteiger partial charge in [0, 0.05) is 6.42 Å². The van der Waals surface area contributed by atoms with E-state index in [4.69, 9.17) is 4.74 Å². The summed E-state index contributed by atoms with van der Waals surface area (Å²) in [6.45, 7) is 0. The lowest BCUT2D eigenvalue weighted by Gasteiger charge is -2.23. The van der Waals surface area contributed by atoms with Crippen LogP contribution >= 0.6 is 22.6 Å². The van der Waals surface area contributed by atoms with Crippen LogP contribution in [0.3, 0.4) is 0 Å². The number of esters is 1. The van der Waals surface area contributed by atoms with Crippen molar-refractivity contribution >= 4 is 34.3 Å². The highest BCUT2D eigenvalue weighted by molar-refractivity contribution is 14.1. The van der Waals surface area contributed by atoms with Gasteiger partial charge in [0.1, 0.15) is 11.2 Å². The van der Waals surface area contributed by atoms with Crippen LogP contribution in [0.4, 0.5) is 0 Å². The lowest BCUT2D eigenvalue weighted by Crippen LogP contribution is -2.36. The molecule has 0 unspecified atom stereocenters. The van der Waals surface area contributed by atoms with Gasteiger partial charge in [0.15, 0.2) is 0 Å². The molecule has 0 aromatic heterocycles. The first-order valence-electron chi connectivity index (χ1n) is 4.85. The molecule has 3 nitrogen and oxygen atoms in total.